The van der Waals surface area contributed by atoms with Crippen LogP contribution >= 0.6 is 15.9 Å². The Kier molecular flexibility index (Phi) is 3.71. The van der Waals surface area contributed by atoms with Crippen LogP contribution in [0.25, 0.3) is 0 Å². The van der Waals surface area contributed by atoms with E-state index in [1.807, 2.05) is 0 Å². The van der Waals surface area contributed by atoms with E-state index in [1.165, 1.54) is 6.07 Å². The van der Waals surface area contributed by atoms with Crippen LogP contribution in [0.2, 0.25) is 0 Å². The third-order valence-electron chi connectivity index (χ3n) is 2.39. The van der Waals surface area contributed by atoms with Crippen molar-refractivity contribution in [3.8, 4) is 11.5 Å². The van der Waals surface area contributed by atoms with Crippen LogP contribution in [0.3, 0.4) is 0 Å². The molecule has 0 bridgehead atoms. The molecule has 0 saturated heterocycles. The average molecular weight is 332 g/mol. The highest BCUT2D eigenvalue weighted by Gasteiger charge is 2.31. The zero-order valence-electron chi connectivity index (χ0n) is 9.54. The van der Waals surface area contributed by atoms with Gasteiger partial charge in [-0.05, 0) is 46.3 Å². The van der Waals surface area contributed by atoms with Crippen LogP contribution in [0.15, 0.2) is 46.9 Å². The minimum atomic E-state index is -4.42. The molecule has 2 aromatic carbocycles. The van der Waals surface area contributed by atoms with Gasteiger partial charge >= 0.3 is 6.18 Å². The smallest absolute Gasteiger partial charge is 0.416 e. The summed E-state index contributed by atoms with van der Waals surface area (Å²) in [6, 6.07) is 9.98. The molecule has 19 heavy (non-hydrogen) atoms. The maximum atomic E-state index is 12.5. The Labute approximate surface area is 116 Å². The van der Waals surface area contributed by atoms with E-state index in [4.69, 9.17) is 10.5 Å². The van der Waals surface area contributed by atoms with Crippen molar-refractivity contribution in [1.29, 1.82) is 0 Å². The monoisotopic (exact) mass is 331 g/mol. The summed E-state index contributed by atoms with van der Waals surface area (Å²) in [5.41, 5.74) is 4.71. The van der Waals surface area contributed by atoms with Crippen molar-refractivity contribution >= 4 is 21.6 Å². The van der Waals surface area contributed by atoms with Crippen molar-refractivity contribution in [3.63, 3.8) is 0 Å². The summed E-state index contributed by atoms with van der Waals surface area (Å²) < 4.78 is 43.6. The Hall–Kier alpha value is -1.69. The number of nitrogen functional groups attached to an aromatic ring is 1. The first-order valence-corrected chi connectivity index (χ1v) is 6.06. The topological polar surface area (TPSA) is 35.2 Å². The van der Waals surface area contributed by atoms with E-state index in [0.717, 1.165) is 12.1 Å². The number of benzene rings is 2. The molecule has 0 aliphatic carbocycles. The number of anilines is 1. The van der Waals surface area contributed by atoms with E-state index in [2.05, 4.69) is 15.9 Å². The Morgan fingerprint density at radius 3 is 2.26 bits per heavy atom. The molecule has 0 saturated carbocycles. The summed E-state index contributed by atoms with van der Waals surface area (Å²) in [6.07, 6.45) is -4.42. The predicted octanol–water partition coefficient (Wildman–Crippen LogP) is 4.84. The molecule has 2 N–H and O–H groups in total. The second kappa shape index (κ2) is 5.13. The maximum absolute atomic E-state index is 12.5. The van der Waals surface area contributed by atoms with Gasteiger partial charge in [-0.25, -0.2) is 0 Å². The van der Waals surface area contributed by atoms with E-state index in [9.17, 15) is 13.2 Å². The largest absolute Gasteiger partial charge is 0.454 e. The molecule has 0 unspecified atom stereocenters. The fraction of sp³-hybridized carbons (Fsp3) is 0.0769. The van der Waals surface area contributed by atoms with Crippen molar-refractivity contribution in [2.45, 2.75) is 6.18 Å². The van der Waals surface area contributed by atoms with Gasteiger partial charge in [-0.1, -0.05) is 12.1 Å². The minimum Gasteiger partial charge on any atom is -0.454 e. The van der Waals surface area contributed by atoms with Gasteiger partial charge in [0.05, 0.1) is 15.7 Å². The Morgan fingerprint density at radius 2 is 1.68 bits per heavy atom. The molecular weight excluding hydrogens is 323 g/mol. The van der Waals surface area contributed by atoms with Gasteiger partial charge in [-0.3, -0.25) is 0 Å². The molecular formula is C13H9BrF3NO. The van der Waals surface area contributed by atoms with Crippen molar-refractivity contribution in [2.24, 2.45) is 0 Å². The molecule has 0 amide bonds. The molecule has 2 aromatic rings. The Bertz CT molecular complexity index is 599. The van der Waals surface area contributed by atoms with Crippen LogP contribution in [0.4, 0.5) is 18.9 Å². The first-order valence-electron chi connectivity index (χ1n) is 5.27. The molecule has 0 aliphatic heterocycles. The molecule has 0 aliphatic rings. The Morgan fingerprint density at radius 1 is 1.00 bits per heavy atom. The van der Waals surface area contributed by atoms with Gasteiger partial charge in [-0.2, -0.15) is 13.2 Å². The van der Waals surface area contributed by atoms with Crippen LogP contribution in [0.1, 0.15) is 5.56 Å². The summed E-state index contributed by atoms with van der Waals surface area (Å²) in [7, 11) is 0. The summed E-state index contributed by atoms with van der Waals surface area (Å²) in [5, 5.41) is 0. The van der Waals surface area contributed by atoms with E-state index < -0.39 is 11.7 Å². The fourth-order valence-electron chi connectivity index (χ4n) is 1.46. The van der Waals surface area contributed by atoms with Crippen LogP contribution < -0.4 is 10.5 Å². The highest BCUT2D eigenvalue weighted by molar-refractivity contribution is 9.10. The number of hydrogen-bond acceptors (Lipinski definition) is 2. The molecule has 6 heteroatoms. The number of hydrogen-bond donors (Lipinski definition) is 1. The van der Waals surface area contributed by atoms with Crippen molar-refractivity contribution in [2.75, 3.05) is 5.73 Å². The lowest BCUT2D eigenvalue weighted by Gasteiger charge is -2.12. The highest BCUT2D eigenvalue weighted by Crippen LogP contribution is 2.36. The summed E-state index contributed by atoms with van der Waals surface area (Å²) in [5.74, 6) is 0.661. The van der Waals surface area contributed by atoms with Crippen molar-refractivity contribution in [1.82, 2.24) is 0 Å². The number of para-hydroxylation sites is 1. The van der Waals surface area contributed by atoms with Crippen molar-refractivity contribution < 1.29 is 17.9 Å². The van der Waals surface area contributed by atoms with Gasteiger partial charge in [0, 0.05) is 0 Å². The molecule has 0 atom stereocenters. The van der Waals surface area contributed by atoms with Crippen LogP contribution in [0, 0.1) is 0 Å². The van der Waals surface area contributed by atoms with Gasteiger partial charge in [-0.15, -0.1) is 0 Å². The number of ether oxygens (including phenoxy) is 1. The zero-order valence-corrected chi connectivity index (χ0v) is 11.1. The van der Waals surface area contributed by atoms with Crippen molar-refractivity contribution in [3.05, 3.63) is 52.5 Å². The molecule has 0 radical (unpaired) electrons. The average Bonchev–Trinajstić information content (AvgIpc) is 2.33. The number of alkyl halides is 3. The van der Waals surface area contributed by atoms with Gasteiger partial charge < -0.3 is 10.5 Å². The van der Waals surface area contributed by atoms with E-state index in [0.29, 0.717) is 10.2 Å². The summed E-state index contributed by atoms with van der Waals surface area (Å²) in [4.78, 5) is 0. The quantitative estimate of drug-likeness (QED) is 0.799. The first kappa shape index (κ1) is 13.7. The van der Waals surface area contributed by atoms with E-state index in [1.54, 1.807) is 24.3 Å². The van der Waals surface area contributed by atoms with Gasteiger partial charge in [0.1, 0.15) is 11.5 Å². The van der Waals surface area contributed by atoms with Gasteiger partial charge in [0.25, 0.3) is 0 Å². The number of halogens is 4. The lowest BCUT2D eigenvalue weighted by atomic mass is 10.2. The lowest BCUT2D eigenvalue weighted by molar-refractivity contribution is -0.137. The predicted molar refractivity (Wildman–Crippen MR) is 70.1 cm³/mol. The normalized spacial score (nSPS) is 11.4. The van der Waals surface area contributed by atoms with E-state index >= 15 is 0 Å². The molecule has 100 valence electrons. The molecule has 2 nitrogen and oxygen atoms in total. The number of nitrogens with two attached hydrogens (primary N) is 1. The van der Waals surface area contributed by atoms with Gasteiger partial charge in [0.15, 0.2) is 0 Å². The summed E-state index contributed by atoms with van der Waals surface area (Å²) >= 11 is 3.28. The van der Waals surface area contributed by atoms with Crippen LogP contribution in [-0.4, -0.2) is 0 Å². The molecule has 0 fully saturated rings. The molecule has 0 heterocycles. The minimum absolute atomic E-state index is 0.0643. The second-order valence-electron chi connectivity index (χ2n) is 3.78. The highest BCUT2D eigenvalue weighted by atomic mass is 79.9. The Balaban J connectivity index is 2.30. The molecule has 2 rings (SSSR count). The van der Waals surface area contributed by atoms with Gasteiger partial charge in [0.2, 0.25) is 0 Å². The molecule has 0 aromatic heterocycles. The fourth-order valence-corrected chi connectivity index (χ4v) is 1.83. The first-order chi connectivity index (χ1) is 8.88. The van der Waals surface area contributed by atoms with Crippen LogP contribution in [-0.2, 0) is 6.18 Å². The maximum Gasteiger partial charge on any atom is 0.416 e. The SMILES string of the molecule is Nc1cc(C(F)(F)F)ccc1Oc1ccccc1Br. The standard InChI is InChI=1S/C13H9BrF3NO/c14-9-3-1-2-4-11(9)19-12-6-5-8(7-10(12)18)13(15,16)17/h1-7H,18H2. The zero-order chi connectivity index (χ0) is 14.0. The molecule has 0 spiro atoms. The lowest BCUT2D eigenvalue weighted by Crippen LogP contribution is -2.06. The number of rotatable bonds is 2. The third-order valence-corrected chi connectivity index (χ3v) is 3.05. The third kappa shape index (κ3) is 3.20. The van der Waals surface area contributed by atoms with E-state index in [-0.39, 0.29) is 11.4 Å². The second-order valence-corrected chi connectivity index (χ2v) is 4.64. The van der Waals surface area contributed by atoms with Crippen LogP contribution in [0.5, 0.6) is 11.5 Å². The summed E-state index contributed by atoms with van der Waals surface area (Å²) in [6.45, 7) is 0.